The van der Waals surface area contributed by atoms with Crippen molar-refractivity contribution in [1.82, 2.24) is 4.57 Å². The van der Waals surface area contributed by atoms with Crippen molar-refractivity contribution in [1.29, 1.82) is 0 Å². The van der Waals surface area contributed by atoms with Crippen LogP contribution in [0, 0.1) is 0 Å². The highest BCUT2D eigenvalue weighted by Gasteiger charge is 2.38. The molecule has 8 aromatic rings. The van der Waals surface area contributed by atoms with Gasteiger partial charge in [-0.05, 0) is 87.3 Å². The summed E-state index contributed by atoms with van der Waals surface area (Å²) in [5, 5.41) is 35.1. The molecule has 7 aromatic carbocycles. The van der Waals surface area contributed by atoms with Crippen LogP contribution < -0.4 is 15.8 Å². The fourth-order valence-corrected chi connectivity index (χ4v) is 8.39. The summed E-state index contributed by atoms with van der Waals surface area (Å²) in [4.78, 5) is 2.32. The quantitative estimate of drug-likeness (QED) is 0.0989. The zero-order chi connectivity index (χ0) is 35.9. The molecular formula is C45H36B2N2O3. The minimum absolute atomic E-state index is 0.0445. The van der Waals surface area contributed by atoms with Crippen LogP contribution in [0.3, 0.4) is 0 Å². The van der Waals surface area contributed by atoms with Crippen LogP contribution in [0.15, 0.2) is 140 Å². The van der Waals surface area contributed by atoms with Gasteiger partial charge < -0.3 is 24.8 Å². The maximum Gasteiger partial charge on any atom is 0.168 e. The van der Waals surface area contributed by atoms with E-state index >= 15 is 0 Å². The number of anilines is 3. The van der Waals surface area contributed by atoms with Crippen molar-refractivity contribution >= 4 is 65.5 Å². The maximum atomic E-state index is 11.1. The van der Waals surface area contributed by atoms with E-state index < -0.39 is 0 Å². The second-order valence-corrected chi connectivity index (χ2v) is 14.3. The molecule has 0 spiro atoms. The van der Waals surface area contributed by atoms with Gasteiger partial charge in [0.15, 0.2) is 11.5 Å². The lowest BCUT2D eigenvalue weighted by atomic mass is 9.77. The van der Waals surface area contributed by atoms with Crippen molar-refractivity contribution in [3.63, 3.8) is 0 Å². The van der Waals surface area contributed by atoms with Crippen LogP contribution in [0.1, 0.15) is 25.0 Å². The van der Waals surface area contributed by atoms with Gasteiger partial charge in [-0.25, -0.2) is 0 Å². The van der Waals surface area contributed by atoms with Crippen LogP contribution in [-0.2, 0) is 5.41 Å². The number of aromatic nitrogens is 1. The summed E-state index contributed by atoms with van der Waals surface area (Å²) in [6.07, 6.45) is 0. The number of nitrogens with zero attached hydrogens (tertiary/aromatic N) is 2. The van der Waals surface area contributed by atoms with Gasteiger partial charge in [-0.3, -0.25) is 0 Å². The van der Waals surface area contributed by atoms with Gasteiger partial charge in [0.1, 0.15) is 21.4 Å². The Morgan fingerprint density at radius 3 is 1.98 bits per heavy atom. The van der Waals surface area contributed by atoms with Crippen LogP contribution in [0.25, 0.3) is 49.7 Å². The molecule has 5 nitrogen and oxygen atoms in total. The number of phenolic OH excluding ortho intramolecular Hbond substituents is 3. The van der Waals surface area contributed by atoms with Crippen LogP contribution in [0.2, 0.25) is 0 Å². The summed E-state index contributed by atoms with van der Waals surface area (Å²) in [7, 11) is 3.42. The molecule has 1 heterocycles. The standard InChI is InChI=1S/C45H36B2N2O3/c1-45(2)34-16-8-6-13-30(34)33-15-10-18-36(39(33)45)48(28-21-19-26(20-22-28)38-42(50)40(46)41(47)44(52)43(38)51)29-23-24-32-31-14-7-9-17-35(31)49(37(32)25-29)27-11-4-3-5-12-27/h3-25,50-52H,46-47H2,1-2H3. The highest BCUT2D eigenvalue weighted by atomic mass is 16.3. The van der Waals surface area contributed by atoms with Gasteiger partial charge in [0.25, 0.3) is 0 Å². The summed E-state index contributed by atoms with van der Waals surface area (Å²) < 4.78 is 2.34. The first-order valence-electron chi connectivity index (χ1n) is 17.6. The molecule has 250 valence electrons. The van der Waals surface area contributed by atoms with E-state index in [2.05, 4.69) is 133 Å². The van der Waals surface area contributed by atoms with Crippen molar-refractivity contribution in [3.8, 4) is 45.2 Å². The Kier molecular flexibility index (Phi) is 7.06. The van der Waals surface area contributed by atoms with Crippen molar-refractivity contribution in [2.45, 2.75) is 19.3 Å². The molecule has 0 saturated heterocycles. The lowest BCUT2D eigenvalue weighted by molar-refractivity contribution is 0.403. The van der Waals surface area contributed by atoms with Gasteiger partial charge in [-0.1, -0.05) is 105 Å². The summed E-state index contributed by atoms with van der Waals surface area (Å²) in [6.45, 7) is 4.60. The Balaban J connectivity index is 1.30. The number of hydrogen-bond donors (Lipinski definition) is 3. The molecule has 0 unspecified atom stereocenters. The van der Waals surface area contributed by atoms with Gasteiger partial charge in [-0.2, -0.15) is 0 Å². The summed E-state index contributed by atoms with van der Waals surface area (Å²) in [6, 6.07) is 48.8. The molecule has 1 aliphatic carbocycles. The first-order chi connectivity index (χ1) is 25.2. The van der Waals surface area contributed by atoms with E-state index in [1.54, 1.807) is 15.7 Å². The number of fused-ring (bicyclic) bond motifs is 6. The highest BCUT2D eigenvalue weighted by Crippen LogP contribution is 2.54. The number of hydrogen-bond acceptors (Lipinski definition) is 4. The summed E-state index contributed by atoms with van der Waals surface area (Å²) >= 11 is 0. The van der Waals surface area contributed by atoms with Crippen molar-refractivity contribution in [2.24, 2.45) is 0 Å². The Bertz CT molecular complexity index is 2690. The predicted octanol–water partition coefficient (Wildman–Crippen LogP) is 7.86. The van der Waals surface area contributed by atoms with Gasteiger partial charge in [0.2, 0.25) is 0 Å². The number of para-hydroxylation sites is 2. The number of aromatic hydroxyl groups is 3. The van der Waals surface area contributed by atoms with Crippen molar-refractivity contribution in [3.05, 3.63) is 151 Å². The smallest absolute Gasteiger partial charge is 0.168 e. The lowest BCUT2D eigenvalue weighted by Gasteiger charge is -2.32. The van der Waals surface area contributed by atoms with E-state index in [9.17, 15) is 15.3 Å². The number of benzene rings is 7. The zero-order valence-corrected chi connectivity index (χ0v) is 29.5. The molecule has 0 radical (unpaired) electrons. The van der Waals surface area contributed by atoms with E-state index in [4.69, 9.17) is 0 Å². The first kappa shape index (κ1) is 31.6. The minimum atomic E-state index is -0.329. The average Bonchev–Trinajstić information content (AvgIpc) is 3.63. The minimum Gasteiger partial charge on any atom is -0.508 e. The zero-order valence-electron chi connectivity index (χ0n) is 29.5. The molecule has 7 heteroatoms. The van der Waals surface area contributed by atoms with E-state index in [1.165, 1.54) is 33.0 Å². The van der Waals surface area contributed by atoms with Crippen molar-refractivity contribution in [2.75, 3.05) is 4.90 Å². The van der Waals surface area contributed by atoms with Gasteiger partial charge in [0, 0.05) is 33.2 Å². The topological polar surface area (TPSA) is 68.9 Å². The molecule has 0 saturated carbocycles. The Morgan fingerprint density at radius 2 is 1.19 bits per heavy atom. The Morgan fingerprint density at radius 1 is 0.558 bits per heavy atom. The van der Waals surface area contributed by atoms with Gasteiger partial charge in [0.05, 0.1) is 22.3 Å². The van der Waals surface area contributed by atoms with Gasteiger partial charge >= 0.3 is 0 Å². The van der Waals surface area contributed by atoms with E-state index in [1.807, 2.05) is 30.3 Å². The van der Waals surface area contributed by atoms with E-state index in [0.29, 0.717) is 16.5 Å². The van der Waals surface area contributed by atoms with Crippen LogP contribution in [0.4, 0.5) is 17.1 Å². The molecule has 9 rings (SSSR count). The highest BCUT2D eigenvalue weighted by molar-refractivity contribution is 6.51. The Labute approximate surface area is 304 Å². The largest absolute Gasteiger partial charge is 0.508 e. The second-order valence-electron chi connectivity index (χ2n) is 14.3. The summed E-state index contributed by atoms with van der Waals surface area (Å²) in [5.41, 5.74) is 12.9. The SMILES string of the molecule is Bc1c(B)c(O)c(-c2ccc(N(c3ccc4c5ccccc5n(-c5ccccc5)c4c3)c3cccc4c3C(C)(C)c3ccccc3-4)cc2)c(O)c1O. The first-order valence-corrected chi connectivity index (χ1v) is 17.6. The molecule has 0 aliphatic heterocycles. The van der Waals surface area contributed by atoms with Crippen LogP contribution in [-0.4, -0.2) is 35.6 Å². The molecule has 1 aliphatic rings. The second kappa shape index (κ2) is 11.6. The van der Waals surface area contributed by atoms with E-state index in [0.717, 1.165) is 33.8 Å². The fourth-order valence-electron chi connectivity index (χ4n) is 8.39. The molecule has 3 N–H and O–H groups in total. The fraction of sp³-hybridized carbons (Fsp3) is 0.0667. The third kappa shape index (κ3) is 4.52. The third-order valence-corrected chi connectivity index (χ3v) is 11.1. The normalized spacial score (nSPS) is 13.0. The molecular weight excluding hydrogens is 638 g/mol. The predicted molar refractivity (Wildman–Crippen MR) is 220 cm³/mol. The number of rotatable bonds is 5. The molecule has 0 fully saturated rings. The maximum absolute atomic E-state index is 11.1. The van der Waals surface area contributed by atoms with Crippen LogP contribution >= 0.6 is 0 Å². The Hall–Kier alpha value is -6.33. The molecule has 0 atom stereocenters. The number of phenols is 3. The van der Waals surface area contributed by atoms with Crippen LogP contribution in [0.5, 0.6) is 17.2 Å². The molecule has 0 amide bonds. The third-order valence-electron chi connectivity index (χ3n) is 11.1. The lowest BCUT2D eigenvalue weighted by Crippen LogP contribution is -2.26. The van der Waals surface area contributed by atoms with Crippen molar-refractivity contribution < 1.29 is 15.3 Å². The van der Waals surface area contributed by atoms with E-state index in [-0.39, 0.29) is 28.2 Å². The monoisotopic (exact) mass is 674 g/mol. The molecule has 0 bridgehead atoms. The summed E-state index contributed by atoms with van der Waals surface area (Å²) in [5.74, 6) is -0.596. The molecule has 52 heavy (non-hydrogen) atoms. The average molecular weight is 674 g/mol. The molecule has 1 aromatic heterocycles. The van der Waals surface area contributed by atoms with Gasteiger partial charge in [-0.15, -0.1) is 0 Å².